The first-order valence-corrected chi connectivity index (χ1v) is 10.7. The van der Waals surface area contributed by atoms with Gasteiger partial charge in [-0.1, -0.05) is 30.3 Å². The van der Waals surface area contributed by atoms with Gasteiger partial charge in [0, 0.05) is 61.3 Å². The zero-order valence-corrected chi connectivity index (χ0v) is 17.3. The number of rotatable bonds is 4. The highest BCUT2D eigenvalue weighted by atomic mass is 16.4. The van der Waals surface area contributed by atoms with Crippen LogP contribution in [0.3, 0.4) is 0 Å². The number of nitrogens with zero attached hydrogens (tertiary/aromatic N) is 3. The van der Waals surface area contributed by atoms with Crippen LogP contribution in [-0.2, 0) is 4.79 Å². The Morgan fingerprint density at radius 2 is 1.67 bits per heavy atom. The molecule has 0 aromatic heterocycles. The van der Waals surface area contributed by atoms with Crippen molar-refractivity contribution < 1.29 is 14.7 Å². The summed E-state index contributed by atoms with van der Waals surface area (Å²) in [6.45, 7) is 4.14. The van der Waals surface area contributed by atoms with E-state index in [1.165, 1.54) is 0 Å². The monoisotopic (exact) mass is 405 g/mol. The summed E-state index contributed by atoms with van der Waals surface area (Å²) < 4.78 is 0. The normalized spacial score (nSPS) is 22.2. The van der Waals surface area contributed by atoms with Crippen LogP contribution in [0.5, 0.6) is 0 Å². The molecular weight excluding hydrogens is 378 g/mol. The summed E-state index contributed by atoms with van der Waals surface area (Å²) in [5.74, 6) is -2.28. The third-order valence-electron chi connectivity index (χ3n) is 6.60. The second-order valence-corrected chi connectivity index (χ2v) is 8.68. The van der Waals surface area contributed by atoms with E-state index in [4.69, 9.17) is 0 Å². The molecule has 5 rings (SSSR count). The first kappa shape index (κ1) is 19.1. The van der Waals surface area contributed by atoms with Gasteiger partial charge in [-0.2, -0.15) is 0 Å². The lowest BCUT2D eigenvalue weighted by Crippen LogP contribution is -2.46. The molecule has 1 N–H and O–H groups in total. The minimum Gasteiger partial charge on any atom is -0.481 e. The molecule has 0 radical (unpaired) electrons. The van der Waals surface area contributed by atoms with Crippen molar-refractivity contribution in [1.29, 1.82) is 0 Å². The van der Waals surface area contributed by atoms with E-state index in [1.807, 2.05) is 24.3 Å². The molecule has 3 aliphatic rings. The quantitative estimate of drug-likeness (QED) is 0.789. The van der Waals surface area contributed by atoms with Crippen molar-refractivity contribution in [3.8, 4) is 11.1 Å². The van der Waals surface area contributed by atoms with Crippen LogP contribution in [0.15, 0.2) is 42.5 Å². The highest BCUT2D eigenvalue weighted by Gasteiger charge is 2.42. The first-order valence-electron chi connectivity index (χ1n) is 10.7. The Morgan fingerprint density at radius 3 is 2.30 bits per heavy atom. The molecule has 0 bridgehead atoms. The maximum Gasteiger partial charge on any atom is 0.316 e. The van der Waals surface area contributed by atoms with Crippen molar-refractivity contribution in [3.63, 3.8) is 0 Å². The second-order valence-electron chi connectivity index (χ2n) is 8.68. The summed E-state index contributed by atoms with van der Waals surface area (Å²) in [5.41, 5.74) is 4.66. The fourth-order valence-electron chi connectivity index (χ4n) is 4.66. The van der Waals surface area contributed by atoms with Crippen molar-refractivity contribution in [2.75, 3.05) is 49.6 Å². The highest BCUT2D eigenvalue weighted by molar-refractivity contribution is 6.14. The Balaban J connectivity index is 1.66. The van der Waals surface area contributed by atoms with Gasteiger partial charge in [-0.05, 0) is 37.6 Å². The molecule has 2 aliphatic heterocycles. The maximum absolute atomic E-state index is 13.1. The number of ketones is 1. The highest BCUT2D eigenvalue weighted by Crippen LogP contribution is 2.44. The van der Waals surface area contributed by atoms with Gasteiger partial charge in [0.1, 0.15) is 5.92 Å². The Labute approximate surface area is 176 Å². The van der Waals surface area contributed by atoms with E-state index in [0.717, 1.165) is 61.5 Å². The van der Waals surface area contributed by atoms with E-state index < -0.39 is 11.9 Å². The number of benzene rings is 2. The molecule has 1 atom stereocenters. The summed E-state index contributed by atoms with van der Waals surface area (Å²) in [4.78, 5) is 31.8. The number of anilines is 2. The van der Waals surface area contributed by atoms with Crippen LogP contribution in [-0.4, -0.2) is 67.6 Å². The SMILES string of the molecule is CN1CCN(c2cc3c(cc2-c2ccccc2)C(=O)[C@H](C(=O)O)CN3C2CC2)CC1. The number of hydrogen-bond donors (Lipinski definition) is 1. The van der Waals surface area contributed by atoms with Crippen LogP contribution in [0.1, 0.15) is 23.2 Å². The van der Waals surface area contributed by atoms with Crippen molar-refractivity contribution in [2.24, 2.45) is 5.92 Å². The molecule has 0 amide bonds. The molecule has 156 valence electrons. The van der Waals surface area contributed by atoms with Crippen LogP contribution in [0, 0.1) is 5.92 Å². The predicted octanol–water partition coefficient (Wildman–Crippen LogP) is 2.97. The van der Waals surface area contributed by atoms with Gasteiger partial charge in [0.25, 0.3) is 0 Å². The third-order valence-corrected chi connectivity index (χ3v) is 6.60. The molecular formula is C24H27N3O3. The maximum atomic E-state index is 13.1. The number of carbonyl (C=O) groups is 2. The lowest BCUT2D eigenvalue weighted by atomic mass is 9.87. The van der Waals surface area contributed by atoms with E-state index in [2.05, 4.69) is 39.9 Å². The zero-order chi connectivity index (χ0) is 20.8. The number of carbonyl (C=O) groups excluding carboxylic acids is 1. The third kappa shape index (κ3) is 3.35. The second kappa shape index (κ2) is 7.43. The zero-order valence-electron chi connectivity index (χ0n) is 17.3. The topological polar surface area (TPSA) is 64.1 Å². The van der Waals surface area contributed by atoms with Crippen LogP contribution >= 0.6 is 0 Å². The minimum atomic E-state index is -1.03. The molecule has 0 spiro atoms. The molecule has 6 nitrogen and oxygen atoms in total. The van der Waals surface area contributed by atoms with Crippen molar-refractivity contribution in [2.45, 2.75) is 18.9 Å². The predicted molar refractivity (Wildman–Crippen MR) is 117 cm³/mol. The van der Waals surface area contributed by atoms with E-state index in [1.54, 1.807) is 0 Å². The molecule has 1 saturated carbocycles. The summed E-state index contributed by atoms with van der Waals surface area (Å²) in [5, 5.41) is 9.66. The summed E-state index contributed by atoms with van der Waals surface area (Å²) in [7, 11) is 2.14. The van der Waals surface area contributed by atoms with Crippen LogP contribution in [0.2, 0.25) is 0 Å². The van der Waals surface area contributed by atoms with Gasteiger partial charge in [0.2, 0.25) is 0 Å². The van der Waals surface area contributed by atoms with Crippen molar-refractivity contribution >= 4 is 23.1 Å². The first-order chi connectivity index (χ1) is 14.5. The van der Waals surface area contributed by atoms with Crippen LogP contribution < -0.4 is 9.80 Å². The Kier molecular flexibility index (Phi) is 4.74. The number of piperazine rings is 1. The number of fused-ring (bicyclic) bond motifs is 1. The number of carboxylic acid groups (broad SMARTS) is 1. The Hall–Kier alpha value is -2.86. The molecule has 2 fully saturated rings. The van der Waals surface area contributed by atoms with Gasteiger partial charge in [-0.25, -0.2) is 0 Å². The molecule has 1 saturated heterocycles. The van der Waals surface area contributed by atoms with Crippen LogP contribution in [0.25, 0.3) is 11.1 Å². The average Bonchev–Trinajstić information content (AvgIpc) is 3.59. The fraction of sp³-hybridized carbons (Fsp3) is 0.417. The van der Waals surface area contributed by atoms with E-state index in [9.17, 15) is 14.7 Å². The summed E-state index contributed by atoms with van der Waals surface area (Å²) in [6.07, 6.45) is 2.12. The van der Waals surface area contributed by atoms with Gasteiger partial charge in [-0.15, -0.1) is 0 Å². The molecule has 2 aromatic carbocycles. The lowest BCUT2D eigenvalue weighted by Gasteiger charge is -2.38. The van der Waals surface area contributed by atoms with Crippen LogP contribution in [0.4, 0.5) is 11.4 Å². The van der Waals surface area contributed by atoms with E-state index in [-0.39, 0.29) is 12.3 Å². The smallest absolute Gasteiger partial charge is 0.316 e. The van der Waals surface area contributed by atoms with Gasteiger partial charge in [0.05, 0.1) is 0 Å². The van der Waals surface area contributed by atoms with Gasteiger partial charge >= 0.3 is 5.97 Å². The van der Waals surface area contributed by atoms with E-state index in [0.29, 0.717) is 11.6 Å². The van der Waals surface area contributed by atoms with Gasteiger partial charge < -0.3 is 19.8 Å². The fourth-order valence-corrected chi connectivity index (χ4v) is 4.66. The van der Waals surface area contributed by atoms with Gasteiger partial charge in [0.15, 0.2) is 5.78 Å². The number of aliphatic carboxylic acids is 1. The summed E-state index contributed by atoms with van der Waals surface area (Å²) >= 11 is 0. The van der Waals surface area contributed by atoms with E-state index >= 15 is 0 Å². The lowest BCUT2D eigenvalue weighted by molar-refractivity contribution is -0.139. The number of carboxylic acids is 1. The minimum absolute atomic E-state index is 0.267. The number of Topliss-reactive ketones (excluding diaryl/α,β-unsaturated/α-hetero) is 1. The Bertz CT molecular complexity index is 979. The molecule has 0 unspecified atom stereocenters. The number of likely N-dealkylation sites (N-methyl/N-ethyl adjacent to an activating group) is 1. The molecule has 30 heavy (non-hydrogen) atoms. The summed E-state index contributed by atoms with van der Waals surface area (Å²) in [6, 6.07) is 14.5. The van der Waals surface area contributed by atoms with Gasteiger partial charge in [-0.3, -0.25) is 9.59 Å². The Morgan fingerprint density at radius 1 is 0.967 bits per heavy atom. The molecule has 2 heterocycles. The van der Waals surface area contributed by atoms with Crippen molar-refractivity contribution in [1.82, 2.24) is 4.90 Å². The standard InChI is InChI=1S/C24H27N3O3/c1-25-9-11-26(12-10-25)21-14-22-19(13-18(21)16-5-3-2-4-6-16)23(28)20(24(29)30)15-27(22)17-7-8-17/h2-6,13-14,17,20H,7-12,15H2,1H3,(H,29,30)/t20-/m1/s1. The molecule has 1 aliphatic carbocycles. The molecule has 2 aromatic rings. The average molecular weight is 405 g/mol. The largest absolute Gasteiger partial charge is 0.481 e. The number of hydrogen-bond acceptors (Lipinski definition) is 5. The molecule has 6 heteroatoms. The van der Waals surface area contributed by atoms with Crippen molar-refractivity contribution in [3.05, 3.63) is 48.0 Å².